The van der Waals surface area contributed by atoms with Crippen molar-refractivity contribution in [2.45, 2.75) is 25.7 Å². The molecule has 1 atom stereocenters. The molecular formula is C14H18ClN3O2. The van der Waals surface area contributed by atoms with Gasteiger partial charge in [-0.05, 0) is 25.7 Å². The van der Waals surface area contributed by atoms with E-state index in [2.05, 4.69) is 9.98 Å². The first-order chi connectivity index (χ1) is 9.29. The number of rotatable bonds is 2. The predicted molar refractivity (Wildman–Crippen MR) is 71.6 cm³/mol. The molecule has 6 heteroatoms. The molecule has 0 amide bonds. The van der Waals surface area contributed by atoms with Gasteiger partial charge in [-0.2, -0.15) is 0 Å². The fraction of sp³-hybridized carbons (Fsp3) is 0.500. The van der Waals surface area contributed by atoms with E-state index in [0.717, 1.165) is 42.0 Å². The third-order valence-corrected chi connectivity index (χ3v) is 4.12. The highest BCUT2D eigenvalue weighted by atomic mass is 35.5. The molecule has 0 aromatic rings. The topological polar surface area (TPSA) is 55.5 Å². The summed E-state index contributed by atoms with van der Waals surface area (Å²) in [5.74, 6) is 0.448. The average Bonchev–Trinajstić information content (AvgIpc) is 2.90. The number of fused-ring (bicyclic) bond motifs is 1. The van der Waals surface area contributed by atoms with Gasteiger partial charge in [0.2, 0.25) is 0 Å². The Bertz CT molecular complexity index is 503. The number of carbonyl (C=O) groups is 1. The Morgan fingerprint density at radius 2 is 2.10 bits per heavy atom. The van der Waals surface area contributed by atoms with Crippen molar-refractivity contribution >= 4 is 18.5 Å². The van der Waals surface area contributed by atoms with Crippen molar-refractivity contribution in [2.75, 3.05) is 7.11 Å². The zero-order valence-electron chi connectivity index (χ0n) is 11.4. The third kappa shape index (κ3) is 2.69. The Labute approximate surface area is 124 Å². The van der Waals surface area contributed by atoms with Gasteiger partial charge in [0.1, 0.15) is 11.9 Å². The lowest BCUT2D eigenvalue weighted by molar-refractivity contribution is -0.682. The van der Waals surface area contributed by atoms with E-state index in [4.69, 9.17) is 4.74 Å². The van der Waals surface area contributed by atoms with Crippen LogP contribution in [0.1, 0.15) is 25.7 Å². The van der Waals surface area contributed by atoms with E-state index in [9.17, 15) is 4.79 Å². The molecule has 0 spiro atoms. The molecule has 20 heavy (non-hydrogen) atoms. The first-order valence-corrected chi connectivity index (χ1v) is 6.72. The van der Waals surface area contributed by atoms with Gasteiger partial charge in [-0.25, -0.2) is 9.89 Å². The monoisotopic (exact) mass is 295 g/mol. The normalized spacial score (nSPS) is 30.9. The Morgan fingerprint density at radius 3 is 2.80 bits per heavy atom. The van der Waals surface area contributed by atoms with Gasteiger partial charge in [0.25, 0.3) is 0 Å². The van der Waals surface area contributed by atoms with E-state index < -0.39 is 0 Å². The van der Waals surface area contributed by atoms with Crippen LogP contribution in [-0.4, -0.2) is 25.6 Å². The minimum Gasteiger partial charge on any atom is -1.00 e. The zero-order valence-corrected chi connectivity index (χ0v) is 12.1. The van der Waals surface area contributed by atoms with Gasteiger partial charge < -0.3 is 17.1 Å². The average molecular weight is 296 g/mol. The minimum atomic E-state index is -0.0690. The zero-order chi connectivity index (χ0) is 13.2. The van der Waals surface area contributed by atoms with E-state index in [1.54, 1.807) is 6.20 Å². The molecule has 2 aliphatic heterocycles. The Balaban J connectivity index is 0.00000147. The molecule has 108 valence electrons. The van der Waals surface area contributed by atoms with Crippen LogP contribution in [0.4, 0.5) is 0 Å². The molecule has 3 rings (SSSR count). The van der Waals surface area contributed by atoms with Crippen molar-refractivity contribution in [3.05, 3.63) is 23.8 Å². The second-order valence-electron chi connectivity index (χ2n) is 5.18. The van der Waals surface area contributed by atoms with E-state index in [-0.39, 0.29) is 24.3 Å². The number of nitrogens with zero attached hydrogens (tertiary/aromatic N) is 2. The predicted octanol–water partition coefficient (Wildman–Crippen LogP) is -2.34. The Morgan fingerprint density at radius 1 is 1.35 bits per heavy atom. The number of hydrogen-bond acceptors (Lipinski definition) is 4. The lowest BCUT2D eigenvalue weighted by Gasteiger charge is -2.26. The molecule has 1 saturated carbocycles. The molecule has 0 aromatic carbocycles. The molecule has 0 saturated heterocycles. The number of esters is 1. The number of nitrogens with one attached hydrogen (secondary N) is 1. The minimum absolute atomic E-state index is 0. The standard InChI is InChI=1S/C14H17N3O2.ClH/c1-19-14(18)11-4-2-10(3-5-11)13-12-8-15-6-7-17(12)9-16-13;/h6-11H,2-5H2,1H3;1H. The van der Waals surface area contributed by atoms with Gasteiger partial charge in [0.05, 0.1) is 25.4 Å². The lowest BCUT2D eigenvalue weighted by atomic mass is 9.80. The number of carbonyl (C=O) groups excluding carboxylic acids is 1. The lowest BCUT2D eigenvalue weighted by Crippen LogP contribution is -3.04. The maximum Gasteiger partial charge on any atom is 0.308 e. The van der Waals surface area contributed by atoms with Crippen molar-refractivity contribution < 1.29 is 26.8 Å². The van der Waals surface area contributed by atoms with E-state index >= 15 is 0 Å². The van der Waals surface area contributed by atoms with Gasteiger partial charge in [-0.1, -0.05) is 0 Å². The number of allylic oxidation sites excluding steroid dienone is 2. The smallest absolute Gasteiger partial charge is 0.308 e. The van der Waals surface area contributed by atoms with Gasteiger partial charge in [0, 0.05) is 5.92 Å². The molecule has 5 nitrogen and oxygen atoms in total. The van der Waals surface area contributed by atoms with Crippen LogP contribution in [0.5, 0.6) is 0 Å². The number of halogens is 1. The SMILES string of the molecule is COC(=O)C1CCC(C2=C3C=NC=C[NH+]3C=N2)CC1.[Cl-]. The Kier molecular flexibility index (Phi) is 4.73. The van der Waals surface area contributed by atoms with Crippen molar-refractivity contribution in [3.63, 3.8) is 0 Å². The summed E-state index contributed by atoms with van der Waals surface area (Å²) in [6.07, 6.45) is 11.4. The first-order valence-electron chi connectivity index (χ1n) is 6.72. The molecule has 0 aromatic heterocycles. The fourth-order valence-electron chi connectivity index (χ4n) is 3.03. The van der Waals surface area contributed by atoms with Crippen molar-refractivity contribution in [1.82, 2.24) is 0 Å². The summed E-state index contributed by atoms with van der Waals surface area (Å²) in [5, 5.41) is 0. The van der Waals surface area contributed by atoms with Crippen molar-refractivity contribution in [3.8, 4) is 0 Å². The summed E-state index contributed by atoms with van der Waals surface area (Å²) >= 11 is 0. The molecule has 0 radical (unpaired) electrons. The quantitative estimate of drug-likeness (QED) is 0.581. The van der Waals surface area contributed by atoms with Gasteiger partial charge in [-0.15, -0.1) is 0 Å². The van der Waals surface area contributed by atoms with Gasteiger partial charge in [0.15, 0.2) is 12.0 Å². The molecule has 1 fully saturated rings. The van der Waals surface area contributed by atoms with Crippen molar-refractivity contribution in [1.29, 1.82) is 0 Å². The van der Waals surface area contributed by atoms with Crippen LogP contribution >= 0.6 is 0 Å². The van der Waals surface area contributed by atoms with Gasteiger partial charge in [-0.3, -0.25) is 9.79 Å². The van der Waals surface area contributed by atoms with Crippen LogP contribution in [0.2, 0.25) is 0 Å². The highest BCUT2D eigenvalue weighted by Crippen LogP contribution is 2.35. The number of hydrogen-bond donors (Lipinski definition) is 1. The molecule has 2 heterocycles. The van der Waals surface area contributed by atoms with Crippen LogP contribution in [0.3, 0.4) is 0 Å². The maximum atomic E-state index is 11.5. The summed E-state index contributed by atoms with van der Waals surface area (Å²) in [7, 11) is 1.46. The number of aliphatic imine (C=N–C) groups is 2. The summed E-state index contributed by atoms with van der Waals surface area (Å²) in [6, 6.07) is 0. The van der Waals surface area contributed by atoms with Gasteiger partial charge >= 0.3 is 5.97 Å². The van der Waals surface area contributed by atoms with E-state index in [1.165, 1.54) is 7.11 Å². The van der Waals surface area contributed by atoms with Crippen molar-refractivity contribution in [2.24, 2.45) is 21.8 Å². The molecule has 1 unspecified atom stereocenters. The summed E-state index contributed by atoms with van der Waals surface area (Å²) < 4.78 is 4.82. The number of methoxy groups -OCH3 is 1. The van der Waals surface area contributed by atoms with Crippen LogP contribution in [-0.2, 0) is 9.53 Å². The first kappa shape index (κ1) is 14.9. The van der Waals surface area contributed by atoms with Crippen LogP contribution in [0.25, 0.3) is 0 Å². The number of quaternary nitrogens is 1. The Hall–Kier alpha value is -1.46. The molecule has 3 aliphatic rings. The van der Waals surface area contributed by atoms with Crippen LogP contribution in [0.15, 0.2) is 33.8 Å². The molecule has 0 bridgehead atoms. The second-order valence-corrected chi connectivity index (χ2v) is 5.18. The highest BCUT2D eigenvalue weighted by Gasteiger charge is 2.34. The maximum absolute atomic E-state index is 11.5. The van der Waals surface area contributed by atoms with Crippen LogP contribution in [0, 0.1) is 11.8 Å². The van der Waals surface area contributed by atoms with E-state index in [1.807, 2.05) is 18.8 Å². The molecule has 1 N–H and O–H groups in total. The molecular weight excluding hydrogens is 278 g/mol. The fourth-order valence-corrected chi connectivity index (χ4v) is 3.03. The highest BCUT2D eigenvalue weighted by molar-refractivity contribution is 5.81. The molecule has 1 aliphatic carbocycles. The summed E-state index contributed by atoms with van der Waals surface area (Å²) in [4.78, 5) is 21.4. The third-order valence-electron chi connectivity index (χ3n) is 4.12. The van der Waals surface area contributed by atoms with Crippen LogP contribution < -0.4 is 17.3 Å². The second kappa shape index (κ2) is 6.33. The number of ether oxygens (including phenoxy) is 1. The van der Waals surface area contributed by atoms with E-state index in [0.29, 0.717) is 5.92 Å². The summed E-state index contributed by atoms with van der Waals surface area (Å²) in [6.45, 7) is 0. The largest absolute Gasteiger partial charge is 1.00 e. The summed E-state index contributed by atoms with van der Waals surface area (Å²) in [5.41, 5.74) is 2.30.